The molecular formula is C14H13N5O3. The molecule has 112 valence electrons. The van der Waals surface area contributed by atoms with Crippen molar-refractivity contribution in [3.8, 4) is 6.07 Å². The molecule has 1 heterocycles. The molecule has 0 bridgehead atoms. The molecule has 0 N–H and O–H groups in total. The van der Waals surface area contributed by atoms with Gasteiger partial charge in [-0.05, 0) is 17.7 Å². The average Bonchev–Trinajstić information content (AvgIpc) is 2.96. The standard InChI is InChI=1S/C14H13N5O3/c1-17(8-12-4-2-3-11(5-12)6-15)14(20)10-18-9-13(7-16-18)19(21)22/h2-5,7,9H,8,10H2,1H3. The van der Waals surface area contributed by atoms with Gasteiger partial charge in [0.2, 0.25) is 5.91 Å². The number of hydrogen-bond donors (Lipinski definition) is 0. The van der Waals surface area contributed by atoms with Crippen LogP contribution in [0.25, 0.3) is 0 Å². The third kappa shape index (κ3) is 3.67. The highest BCUT2D eigenvalue weighted by molar-refractivity contribution is 5.75. The first-order chi connectivity index (χ1) is 10.5. The Morgan fingerprint density at radius 2 is 2.32 bits per heavy atom. The van der Waals surface area contributed by atoms with Gasteiger partial charge in [0.25, 0.3) is 0 Å². The van der Waals surface area contributed by atoms with Gasteiger partial charge in [0.05, 0.1) is 16.6 Å². The van der Waals surface area contributed by atoms with Crippen molar-refractivity contribution in [2.75, 3.05) is 7.05 Å². The summed E-state index contributed by atoms with van der Waals surface area (Å²) in [6, 6.07) is 9.02. The van der Waals surface area contributed by atoms with Gasteiger partial charge >= 0.3 is 5.69 Å². The van der Waals surface area contributed by atoms with Crippen LogP contribution in [-0.2, 0) is 17.9 Å². The van der Waals surface area contributed by atoms with Crippen molar-refractivity contribution in [3.63, 3.8) is 0 Å². The van der Waals surface area contributed by atoms with Gasteiger partial charge in [-0.15, -0.1) is 0 Å². The quantitative estimate of drug-likeness (QED) is 0.611. The van der Waals surface area contributed by atoms with Crippen molar-refractivity contribution < 1.29 is 9.72 Å². The maximum absolute atomic E-state index is 12.1. The fraction of sp³-hybridized carbons (Fsp3) is 0.214. The monoisotopic (exact) mass is 299 g/mol. The summed E-state index contributed by atoms with van der Waals surface area (Å²) in [6.07, 6.45) is 2.31. The fourth-order valence-corrected chi connectivity index (χ4v) is 1.89. The van der Waals surface area contributed by atoms with E-state index in [1.807, 2.05) is 12.1 Å². The van der Waals surface area contributed by atoms with Crippen LogP contribution in [0.4, 0.5) is 5.69 Å². The Morgan fingerprint density at radius 1 is 1.55 bits per heavy atom. The maximum atomic E-state index is 12.1. The number of nitrogens with zero attached hydrogens (tertiary/aromatic N) is 5. The van der Waals surface area contributed by atoms with E-state index in [9.17, 15) is 14.9 Å². The van der Waals surface area contributed by atoms with Gasteiger partial charge in [-0.2, -0.15) is 10.4 Å². The van der Waals surface area contributed by atoms with E-state index in [1.165, 1.54) is 15.8 Å². The number of carbonyl (C=O) groups is 1. The third-order valence-electron chi connectivity index (χ3n) is 3.03. The molecule has 0 unspecified atom stereocenters. The largest absolute Gasteiger partial charge is 0.340 e. The molecule has 0 atom stereocenters. The smallest absolute Gasteiger partial charge is 0.307 e. The van der Waals surface area contributed by atoms with E-state index in [0.717, 1.165) is 11.8 Å². The Morgan fingerprint density at radius 3 is 2.95 bits per heavy atom. The van der Waals surface area contributed by atoms with Gasteiger partial charge in [0, 0.05) is 13.6 Å². The van der Waals surface area contributed by atoms with E-state index < -0.39 is 4.92 Å². The van der Waals surface area contributed by atoms with Crippen molar-refractivity contribution in [1.82, 2.24) is 14.7 Å². The van der Waals surface area contributed by atoms with Gasteiger partial charge in [-0.3, -0.25) is 19.6 Å². The molecule has 8 nitrogen and oxygen atoms in total. The molecular weight excluding hydrogens is 286 g/mol. The normalized spacial score (nSPS) is 10.0. The predicted molar refractivity (Wildman–Crippen MR) is 76.5 cm³/mol. The number of benzene rings is 1. The summed E-state index contributed by atoms with van der Waals surface area (Å²) in [5, 5.41) is 23.2. The average molecular weight is 299 g/mol. The zero-order valence-electron chi connectivity index (χ0n) is 11.8. The second kappa shape index (κ2) is 6.49. The molecule has 1 amide bonds. The molecule has 0 fully saturated rings. The van der Waals surface area contributed by atoms with Crippen molar-refractivity contribution >= 4 is 11.6 Å². The Kier molecular flexibility index (Phi) is 4.48. The lowest BCUT2D eigenvalue weighted by Gasteiger charge is -2.17. The molecule has 8 heteroatoms. The van der Waals surface area contributed by atoms with Gasteiger partial charge < -0.3 is 4.90 Å². The van der Waals surface area contributed by atoms with Crippen LogP contribution in [-0.4, -0.2) is 32.6 Å². The van der Waals surface area contributed by atoms with Crippen LogP contribution in [0.1, 0.15) is 11.1 Å². The Hall–Kier alpha value is -3.21. The number of aromatic nitrogens is 2. The second-order valence-electron chi connectivity index (χ2n) is 4.72. The molecule has 2 aromatic rings. The van der Waals surface area contributed by atoms with E-state index in [2.05, 4.69) is 5.10 Å². The predicted octanol–water partition coefficient (Wildman–Crippen LogP) is 1.32. The molecule has 0 spiro atoms. The van der Waals surface area contributed by atoms with Gasteiger partial charge in [0.15, 0.2) is 0 Å². The first-order valence-corrected chi connectivity index (χ1v) is 6.39. The molecule has 0 aliphatic carbocycles. The Balaban J connectivity index is 1.99. The summed E-state index contributed by atoms with van der Waals surface area (Å²) >= 11 is 0. The minimum atomic E-state index is -0.564. The second-order valence-corrected chi connectivity index (χ2v) is 4.72. The highest BCUT2D eigenvalue weighted by Crippen LogP contribution is 2.09. The molecule has 0 radical (unpaired) electrons. The van der Waals surface area contributed by atoms with E-state index in [0.29, 0.717) is 12.1 Å². The minimum absolute atomic E-state index is 0.0811. The zero-order chi connectivity index (χ0) is 16.1. The zero-order valence-corrected chi connectivity index (χ0v) is 11.8. The Bertz CT molecular complexity index is 747. The van der Waals surface area contributed by atoms with Crippen molar-refractivity contribution in [2.24, 2.45) is 0 Å². The van der Waals surface area contributed by atoms with Crippen molar-refractivity contribution in [3.05, 3.63) is 57.9 Å². The first kappa shape index (κ1) is 15.2. The summed E-state index contributed by atoms with van der Waals surface area (Å²) in [7, 11) is 1.62. The van der Waals surface area contributed by atoms with E-state index in [4.69, 9.17) is 5.26 Å². The number of carbonyl (C=O) groups excluding carboxylic acids is 1. The summed E-state index contributed by atoms with van der Waals surface area (Å²) in [5.74, 6) is -0.236. The van der Waals surface area contributed by atoms with Crippen LogP contribution >= 0.6 is 0 Å². The number of hydrogen-bond acceptors (Lipinski definition) is 5. The van der Waals surface area contributed by atoms with Crippen LogP contribution in [0, 0.1) is 21.4 Å². The summed E-state index contributed by atoms with van der Waals surface area (Å²) in [6.45, 7) is 0.264. The summed E-state index contributed by atoms with van der Waals surface area (Å²) in [5.41, 5.74) is 1.21. The minimum Gasteiger partial charge on any atom is -0.340 e. The van der Waals surface area contributed by atoms with E-state index in [1.54, 1.807) is 25.2 Å². The highest BCUT2D eigenvalue weighted by Gasteiger charge is 2.14. The highest BCUT2D eigenvalue weighted by atomic mass is 16.6. The van der Waals surface area contributed by atoms with Crippen molar-refractivity contribution in [1.29, 1.82) is 5.26 Å². The summed E-state index contributed by atoms with van der Waals surface area (Å²) in [4.78, 5) is 23.6. The van der Waals surface area contributed by atoms with Crippen LogP contribution in [0.15, 0.2) is 36.7 Å². The molecule has 0 aliphatic heterocycles. The van der Waals surface area contributed by atoms with Crippen LogP contribution in [0.5, 0.6) is 0 Å². The van der Waals surface area contributed by atoms with Gasteiger partial charge in [0.1, 0.15) is 18.9 Å². The Labute approximate surface area is 126 Å². The first-order valence-electron chi connectivity index (χ1n) is 6.39. The number of rotatable bonds is 5. The third-order valence-corrected chi connectivity index (χ3v) is 3.03. The topological polar surface area (TPSA) is 105 Å². The molecule has 0 saturated heterocycles. The van der Waals surface area contributed by atoms with Gasteiger partial charge in [-0.25, -0.2) is 0 Å². The van der Waals surface area contributed by atoms with E-state index >= 15 is 0 Å². The molecule has 0 aliphatic rings. The molecule has 2 rings (SSSR count). The van der Waals surface area contributed by atoms with Crippen LogP contribution < -0.4 is 0 Å². The number of likely N-dealkylation sites (N-methyl/N-ethyl adjacent to an activating group) is 1. The molecule has 0 saturated carbocycles. The molecule has 1 aromatic heterocycles. The SMILES string of the molecule is CN(Cc1cccc(C#N)c1)C(=O)Cn1cc([N+](=O)[O-])cn1. The molecule has 1 aromatic carbocycles. The van der Waals surface area contributed by atoms with E-state index in [-0.39, 0.29) is 18.1 Å². The number of nitriles is 1. The lowest BCUT2D eigenvalue weighted by atomic mass is 10.1. The fourth-order valence-electron chi connectivity index (χ4n) is 1.89. The lowest BCUT2D eigenvalue weighted by molar-refractivity contribution is -0.385. The van der Waals surface area contributed by atoms with Crippen LogP contribution in [0.3, 0.4) is 0 Å². The van der Waals surface area contributed by atoms with Gasteiger partial charge in [-0.1, -0.05) is 12.1 Å². The number of nitro groups is 1. The molecule has 22 heavy (non-hydrogen) atoms. The number of amides is 1. The van der Waals surface area contributed by atoms with Crippen molar-refractivity contribution in [2.45, 2.75) is 13.1 Å². The maximum Gasteiger partial charge on any atom is 0.307 e. The lowest BCUT2D eigenvalue weighted by Crippen LogP contribution is -2.29. The summed E-state index contributed by atoms with van der Waals surface area (Å²) < 4.78 is 1.22. The van der Waals surface area contributed by atoms with Crippen LogP contribution in [0.2, 0.25) is 0 Å².